The van der Waals surface area contributed by atoms with Crippen molar-refractivity contribution in [3.05, 3.63) is 18.2 Å². The SMILES string of the molecule is CCOC(=O)C1CCN(C(=O)CN(C)Cc2nccn2C(F)F)CC1. The Hall–Kier alpha value is -2.03. The molecule has 0 radical (unpaired) electrons. The maximum atomic E-state index is 12.8. The summed E-state index contributed by atoms with van der Waals surface area (Å²) in [7, 11) is 1.69. The van der Waals surface area contributed by atoms with Crippen molar-refractivity contribution < 1.29 is 23.1 Å². The zero-order chi connectivity index (χ0) is 18.4. The molecule has 1 aliphatic rings. The number of piperidine rings is 1. The second kappa shape index (κ2) is 8.89. The lowest BCUT2D eigenvalue weighted by Gasteiger charge is -2.32. The van der Waals surface area contributed by atoms with Crippen LogP contribution in [0.5, 0.6) is 0 Å². The van der Waals surface area contributed by atoms with E-state index < -0.39 is 6.55 Å². The van der Waals surface area contributed by atoms with Gasteiger partial charge in [0.25, 0.3) is 0 Å². The lowest BCUT2D eigenvalue weighted by atomic mass is 9.97. The first-order chi connectivity index (χ1) is 11.9. The normalized spacial score (nSPS) is 15.8. The Bertz CT molecular complexity index is 586. The first-order valence-electron chi connectivity index (χ1n) is 8.35. The van der Waals surface area contributed by atoms with Crippen LogP contribution in [0.2, 0.25) is 0 Å². The number of hydrogen-bond acceptors (Lipinski definition) is 5. The Balaban J connectivity index is 1.80. The van der Waals surface area contributed by atoms with Crippen LogP contribution in [0.3, 0.4) is 0 Å². The van der Waals surface area contributed by atoms with Crippen LogP contribution in [0.4, 0.5) is 8.78 Å². The van der Waals surface area contributed by atoms with Gasteiger partial charge in [-0.25, -0.2) is 4.98 Å². The maximum Gasteiger partial charge on any atom is 0.319 e. The molecule has 1 aromatic rings. The number of halogens is 2. The standard InChI is InChI=1S/C16H24F2N4O3/c1-3-25-15(24)12-4-7-21(8-5-12)14(23)11-20(2)10-13-19-6-9-22(13)16(17)18/h6,9,12,16H,3-5,7-8,10-11H2,1-2H3. The van der Waals surface area contributed by atoms with Gasteiger partial charge in [0.1, 0.15) is 5.82 Å². The van der Waals surface area contributed by atoms with Gasteiger partial charge in [-0.2, -0.15) is 8.78 Å². The average molecular weight is 358 g/mol. The van der Waals surface area contributed by atoms with Crippen molar-refractivity contribution in [1.29, 1.82) is 0 Å². The fourth-order valence-electron chi connectivity index (χ4n) is 2.90. The topological polar surface area (TPSA) is 67.7 Å². The van der Waals surface area contributed by atoms with Gasteiger partial charge in [0.2, 0.25) is 5.91 Å². The van der Waals surface area contributed by atoms with Crippen LogP contribution in [0.1, 0.15) is 32.1 Å². The van der Waals surface area contributed by atoms with Gasteiger partial charge in [-0.3, -0.25) is 19.1 Å². The molecule has 1 fully saturated rings. The van der Waals surface area contributed by atoms with E-state index in [1.54, 1.807) is 23.8 Å². The lowest BCUT2D eigenvalue weighted by molar-refractivity contribution is -0.151. The molecule has 2 heterocycles. The Morgan fingerprint density at radius 2 is 2.08 bits per heavy atom. The van der Waals surface area contributed by atoms with E-state index >= 15 is 0 Å². The Morgan fingerprint density at radius 3 is 2.68 bits per heavy atom. The van der Waals surface area contributed by atoms with Gasteiger partial charge in [0, 0.05) is 25.5 Å². The first-order valence-corrected chi connectivity index (χ1v) is 8.35. The van der Waals surface area contributed by atoms with E-state index in [4.69, 9.17) is 4.74 Å². The average Bonchev–Trinajstić information content (AvgIpc) is 3.03. The predicted octanol–water partition coefficient (Wildman–Crippen LogP) is 1.51. The number of amides is 1. The number of likely N-dealkylation sites (tertiary alicyclic amines) is 1. The van der Waals surface area contributed by atoms with Crippen molar-refractivity contribution in [3.8, 4) is 0 Å². The largest absolute Gasteiger partial charge is 0.466 e. The summed E-state index contributed by atoms with van der Waals surface area (Å²) in [6.45, 7) is 0.748. The summed E-state index contributed by atoms with van der Waals surface area (Å²) in [6.07, 6.45) is 3.71. The van der Waals surface area contributed by atoms with Crippen LogP contribution in [0.15, 0.2) is 12.4 Å². The van der Waals surface area contributed by atoms with Crippen molar-refractivity contribution in [2.45, 2.75) is 32.9 Å². The molecule has 1 amide bonds. The number of carbonyl (C=O) groups excluding carboxylic acids is 2. The summed E-state index contributed by atoms with van der Waals surface area (Å²) in [5.74, 6) is -0.225. The van der Waals surface area contributed by atoms with E-state index in [9.17, 15) is 18.4 Å². The van der Waals surface area contributed by atoms with E-state index in [1.807, 2.05) is 0 Å². The molecule has 2 rings (SSSR count). The fourth-order valence-corrected chi connectivity index (χ4v) is 2.90. The molecule has 1 saturated heterocycles. The summed E-state index contributed by atoms with van der Waals surface area (Å²) in [6, 6.07) is 0. The highest BCUT2D eigenvalue weighted by Gasteiger charge is 2.28. The number of likely N-dealkylation sites (N-methyl/N-ethyl adjacent to an activating group) is 1. The number of rotatable bonds is 7. The molecule has 25 heavy (non-hydrogen) atoms. The minimum Gasteiger partial charge on any atom is -0.466 e. The summed E-state index contributed by atoms with van der Waals surface area (Å²) in [4.78, 5) is 31.3. The smallest absolute Gasteiger partial charge is 0.319 e. The Morgan fingerprint density at radius 1 is 1.40 bits per heavy atom. The van der Waals surface area contributed by atoms with E-state index in [0.29, 0.717) is 32.5 Å². The van der Waals surface area contributed by atoms with Gasteiger partial charge in [-0.15, -0.1) is 0 Å². The number of nitrogens with zero attached hydrogens (tertiary/aromatic N) is 4. The van der Waals surface area contributed by atoms with E-state index in [-0.39, 0.29) is 36.7 Å². The molecule has 0 unspecified atom stereocenters. The van der Waals surface area contributed by atoms with Gasteiger partial charge in [0.05, 0.1) is 25.6 Å². The molecule has 0 aromatic carbocycles. The molecule has 9 heteroatoms. The third-order valence-corrected chi connectivity index (χ3v) is 4.24. The zero-order valence-corrected chi connectivity index (χ0v) is 14.5. The highest BCUT2D eigenvalue weighted by molar-refractivity contribution is 5.79. The molecule has 0 saturated carbocycles. The quantitative estimate of drug-likeness (QED) is 0.691. The van der Waals surface area contributed by atoms with Crippen LogP contribution < -0.4 is 0 Å². The number of esters is 1. The highest BCUT2D eigenvalue weighted by atomic mass is 19.3. The van der Waals surface area contributed by atoms with Crippen LogP contribution in [0.25, 0.3) is 0 Å². The van der Waals surface area contributed by atoms with Gasteiger partial charge in [-0.05, 0) is 26.8 Å². The van der Waals surface area contributed by atoms with Crippen molar-refractivity contribution in [2.75, 3.05) is 33.3 Å². The van der Waals surface area contributed by atoms with Gasteiger partial charge in [-0.1, -0.05) is 0 Å². The second-order valence-electron chi connectivity index (χ2n) is 6.11. The van der Waals surface area contributed by atoms with Crippen LogP contribution in [-0.2, 0) is 20.9 Å². The molecule has 1 aromatic heterocycles. The molecule has 0 aliphatic carbocycles. The molecule has 7 nitrogen and oxygen atoms in total. The van der Waals surface area contributed by atoms with Gasteiger partial charge >= 0.3 is 12.5 Å². The zero-order valence-electron chi connectivity index (χ0n) is 14.5. The minimum absolute atomic E-state index is 0.0834. The van der Waals surface area contributed by atoms with E-state index in [1.165, 1.54) is 12.4 Å². The number of alkyl halides is 2. The third-order valence-electron chi connectivity index (χ3n) is 4.24. The Kier molecular flexibility index (Phi) is 6.86. The Labute approximate surface area is 145 Å². The van der Waals surface area contributed by atoms with Crippen molar-refractivity contribution in [1.82, 2.24) is 19.4 Å². The number of ether oxygens (including phenoxy) is 1. The molecule has 0 N–H and O–H groups in total. The predicted molar refractivity (Wildman–Crippen MR) is 85.8 cm³/mol. The van der Waals surface area contributed by atoms with Gasteiger partial charge < -0.3 is 9.64 Å². The number of aromatic nitrogens is 2. The molecule has 0 atom stereocenters. The molecule has 140 valence electrons. The van der Waals surface area contributed by atoms with Crippen LogP contribution in [-0.4, -0.2) is 64.5 Å². The minimum atomic E-state index is -2.65. The van der Waals surface area contributed by atoms with Crippen molar-refractivity contribution in [3.63, 3.8) is 0 Å². The summed E-state index contributed by atoms with van der Waals surface area (Å²) >= 11 is 0. The molecular weight excluding hydrogens is 334 g/mol. The molecule has 0 bridgehead atoms. The molecule has 1 aliphatic heterocycles. The maximum absolute atomic E-state index is 12.8. The van der Waals surface area contributed by atoms with Gasteiger partial charge in [0.15, 0.2) is 0 Å². The first kappa shape index (κ1) is 19.3. The number of imidazole rings is 1. The summed E-state index contributed by atoms with van der Waals surface area (Å²) in [5.41, 5.74) is 0. The fraction of sp³-hybridized carbons (Fsp3) is 0.688. The third kappa shape index (κ3) is 5.22. The number of carbonyl (C=O) groups is 2. The van der Waals surface area contributed by atoms with Crippen LogP contribution in [0, 0.1) is 5.92 Å². The van der Waals surface area contributed by atoms with E-state index in [0.717, 1.165) is 4.57 Å². The summed E-state index contributed by atoms with van der Waals surface area (Å²) in [5, 5.41) is 0. The summed E-state index contributed by atoms with van der Waals surface area (Å²) < 4.78 is 31.4. The second-order valence-corrected chi connectivity index (χ2v) is 6.11. The molecular formula is C16H24F2N4O3. The highest BCUT2D eigenvalue weighted by Crippen LogP contribution is 2.19. The lowest BCUT2D eigenvalue weighted by Crippen LogP contribution is -2.44. The molecule has 0 spiro atoms. The van der Waals surface area contributed by atoms with Crippen LogP contribution >= 0.6 is 0 Å². The van der Waals surface area contributed by atoms with Crippen molar-refractivity contribution in [2.24, 2.45) is 5.92 Å². The monoisotopic (exact) mass is 358 g/mol. The van der Waals surface area contributed by atoms with E-state index in [2.05, 4.69) is 4.98 Å². The van der Waals surface area contributed by atoms with Crippen molar-refractivity contribution >= 4 is 11.9 Å². The number of hydrogen-bond donors (Lipinski definition) is 0.